The van der Waals surface area contributed by atoms with E-state index < -0.39 is 26.1 Å². The van der Waals surface area contributed by atoms with Crippen LogP contribution in [0, 0.1) is 0 Å². The van der Waals surface area contributed by atoms with Crippen LogP contribution in [0.3, 0.4) is 0 Å². The number of nitrogens with zero attached hydrogens (tertiary/aromatic N) is 1. The van der Waals surface area contributed by atoms with Gasteiger partial charge in [-0.2, -0.15) is 13.2 Å². The van der Waals surface area contributed by atoms with Crippen LogP contribution < -0.4 is 0 Å². The maximum absolute atomic E-state index is 12.3. The lowest BCUT2D eigenvalue weighted by Crippen LogP contribution is -2.25. The molecule has 0 fully saturated rings. The standard InChI is InChI=1S/C10H10F3NO3S/c1-14(2)9(15)7-4-3-5-8(6-7)18(16,17)10(11,12)13/h3-6H,1-2H3. The van der Waals surface area contributed by atoms with Crippen LogP contribution in [0.5, 0.6) is 0 Å². The fraction of sp³-hybridized carbons (Fsp3) is 0.300. The van der Waals surface area contributed by atoms with Crippen LogP contribution >= 0.6 is 0 Å². The lowest BCUT2D eigenvalue weighted by molar-refractivity contribution is -0.0436. The van der Waals surface area contributed by atoms with Gasteiger partial charge in [-0.05, 0) is 18.2 Å². The summed E-state index contributed by atoms with van der Waals surface area (Å²) >= 11 is 0. The molecule has 0 atom stereocenters. The fourth-order valence-corrected chi connectivity index (χ4v) is 2.00. The Labute approximate surface area is 102 Å². The molecule has 0 bridgehead atoms. The Balaban J connectivity index is 3.31. The molecule has 0 N–H and O–H groups in total. The summed E-state index contributed by atoms with van der Waals surface area (Å²) in [5.74, 6) is -0.575. The van der Waals surface area contributed by atoms with Gasteiger partial charge in [0.05, 0.1) is 4.90 Å². The van der Waals surface area contributed by atoms with Gasteiger partial charge in [0.15, 0.2) is 0 Å². The zero-order chi connectivity index (χ0) is 14.1. The van der Waals surface area contributed by atoms with E-state index in [1.807, 2.05) is 0 Å². The summed E-state index contributed by atoms with van der Waals surface area (Å²) in [5.41, 5.74) is -5.50. The van der Waals surface area contributed by atoms with Crippen molar-refractivity contribution in [1.82, 2.24) is 4.90 Å². The Morgan fingerprint density at radius 2 is 1.78 bits per heavy atom. The van der Waals surface area contributed by atoms with Crippen molar-refractivity contribution in [2.75, 3.05) is 14.1 Å². The Hall–Kier alpha value is -1.57. The minimum Gasteiger partial charge on any atom is -0.345 e. The van der Waals surface area contributed by atoms with Crippen LogP contribution in [0.1, 0.15) is 10.4 Å². The monoisotopic (exact) mass is 281 g/mol. The third-order valence-corrected chi connectivity index (χ3v) is 3.59. The minimum atomic E-state index is -5.43. The summed E-state index contributed by atoms with van der Waals surface area (Å²) in [7, 11) is -2.61. The van der Waals surface area contributed by atoms with Crippen LogP contribution in [0.2, 0.25) is 0 Å². The first-order valence-electron chi connectivity index (χ1n) is 4.70. The molecule has 0 heterocycles. The normalized spacial score (nSPS) is 12.3. The van der Waals surface area contributed by atoms with E-state index in [1.165, 1.54) is 20.2 Å². The maximum Gasteiger partial charge on any atom is 0.501 e. The quantitative estimate of drug-likeness (QED) is 0.828. The van der Waals surface area contributed by atoms with Crippen molar-refractivity contribution in [1.29, 1.82) is 0 Å². The third kappa shape index (κ3) is 2.63. The molecule has 0 aliphatic rings. The van der Waals surface area contributed by atoms with E-state index in [1.54, 1.807) is 0 Å². The molecule has 18 heavy (non-hydrogen) atoms. The largest absolute Gasteiger partial charge is 0.501 e. The van der Waals surface area contributed by atoms with Gasteiger partial charge in [-0.1, -0.05) is 6.07 Å². The molecule has 0 aliphatic carbocycles. The van der Waals surface area contributed by atoms with E-state index >= 15 is 0 Å². The Kier molecular flexibility index (Phi) is 3.70. The first kappa shape index (κ1) is 14.5. The number of alkyl halides is 3. The summed E-state index contributed by atoms with van der Waals surface area (Å²) in [6.07, 6.45) is 0. The van der Waals surface area contributed by atoms with Crippen molar-refractivity contribution < 1.29 is 26.4 Å². The van der Waals surface area contributed by atoms with Crippen LogP contribution in [-0.4, -0.2) is 38.8 Å². The zero-order valence-corrected chi connectivity index (χ0v) is 10.3. The second-order valence-electron chi connectivity index (χ2n) is 3.68. The number of rotatable bonds is 2. The van der Waals surface area contributed by atoms with E-state index in [0.717, 1.165) is 17.0 Å². The lowest BCUT2D eigenvalue weighted by Gasteiger charge is -2.12. The molecule has 0 saturated carbocycles. The Morgan fingerprint density at radius 3 is 2.22 bits per heavy atom. The van der Waals surface area contributed by atoms with E-state index in [-0.39, 0.29) is 5.56 Å². The van der Waals surface area contributed by atoms with Gasteiger partial charge in [-0.25, -0.2) is 8.42 Å². The molecule has 8 heteroatoms. The van der Waals surface area contributed by atoms with Gasteiger partial charge < -0.3 is 4.90 Å². The van der Waals surface area contributed by atoms with Crippen molar-refractivity contribution in [3.8, 4) is 0 Å². The molecule has 0 spiro atoms. The zero-order valence-electron chi connectivity index (χ0n) is 9.52. The van der Waals surface area contributed by atoms with E-state index in [4.69, 9.17) is 0 Å². The molecule has 1 amide bonds. The van der Waals surface area contributed by atoms with Crippen molar-refractivity contribution in [2.24, 2.45) is 0 Å². The highest BCUT2D eigenvalue weighted by Gasteiger charge is 2.46. The van der Waals surface area contributed by atoms with Gasteiger partial charge in [0, 0.05) is 19.7 Å². The molecule has 0 unspecified atom stereocenters. The smallest absolute Gasteiger partial charge is 0.345 e. The second-order valence-corrected chi connectivity index (χ2v) is 5.62. The summed E-state index contributed by atoms with van der Waals surface area (Å²) in [6.45, 7) is 0. The van der Waals surface area contributed by atoms with E-state index in [9.17, 15) is 26.4 Å². The lowest BCUT2D eigenvalue weighted by atomic mass is 10.2. The minimum absolute atomic E-state index is 0.120. The highest BCUT2D eigenvalue weighted by Crippen LogP contribution is 2.30. The second kappa shape index (κ2) is 4.60. The topological polar surface area (TPSA) is 54.5 Å². The Morgan fingerprint density at radius 1 is 1.22 bits per heavy atom. The molecule has 1 rings (SSSR count). The summed E-state index contributed by atoms with van der Waals surface area (Å²) < 4.78 is 59.3. The number of hydrogen-bond acceptors (Lipinski definition) is 3. The molecule has 0 saturated heterocycles. The van der Waals surface area contributed by atoms with Crippen molar-refractivity contribution in [3.05, 3.63) is 29.8 Å². The molecule has 100 valence electrons. The van der Waals surface area contributed by atoms with Crippen molar-refractivity contribution >= 4 is 15.7 Å². The fourth-order valence-electron chi connectivity index (χ4n) is 1.19. The first-order valence-corrected chi connectivity index (χ1v) is 6.19. The highest BCUT2D eigenvalue weighted by molar-refractivity contribution is 7.92. The summed E-state index contributed by atoms with van der Waals surface area (Å²) in [5, 5.41) is 0. The van der Waals surface area contributed by atoms with Crippen molar-refractivity contribution in [3.63, 3.8) is 0 Å². The van der Waals surface area contributed by atoms with Gasteiger partial charge in [-0.15, -0.1) is 0 Å². The summed E-state index contributed by atoms with van der Waals surface area (Å²) in [6, 6.07) is 3.85. The number of benzene rings is 1. The van der Waals surface area contributed by atoms with Gasteiger partial charge in [0.1, 0.15) is 0 Å². The molecular formula is C10H10F3NO3S. The SMILES string of the molecule is CN(C)C(=O)c1cccc(S(=O)(=O)C(F)(F)F)c1. The number of halogens is 3. The molecular weight excluding hydrogens is 271 g/mol. The predicted octanol–water partition coefficient (Wildman–Crippen LogP) is 1.68. The maximum atomic E-state index is 12.3. The first-order chi connectivity index (χ1) is 8.07. The molecule has 0 radical (unpaired) electrons. The number of hydrogen-bond donors (Lipinski definition) is 0. The summed E-state index contributed by atoms with van der Waals surface area (Å²) in [4.78, 5) is 11.7. The molecule has 0 aromatic heterocycles. The van der Waals surface area contributed by atoms with E-state index in [0.29, 0.717) is 6.07 Å². The molecule has 4 nitrogen and oxygen atoms in total. The third-order valence-electron chi connectivity index (χ3n) is 2.10. The van der Waals surface area contributed by atoms with Crippen LogP contribution in [0.15, 0.2) is 29.2 Å². The van der Waals surface area contributed by atoms with Crippen LogP contribution in [0.25, 0.3) is 0 Å². The van der Waals surface area contributed by atoms with Crippen LogP contribution in [0.4, 0.5) is 13.2 Å². The number of carbonyl (C=O) groups excluding carboxylic acids is 1. The average molecular weight is 281 g/mol. The van der Waals surface area contributed by atoms with Gasteiger partial charge in [0.25, 0.3) is 15.7 Å². The average Bonchev–Trinajstić information content (AvgIpc) is 2.26. The van der Waals surface area contributed by atoms with Crippen molar-refractivity contribution in [2.45, 2.75) is 10.4 Å². The molecule has 0 aliphatic heterocycles. The number of carbonyl (C=O) groups is 1. The van der Waals surface area contributed by atoms with Gasteiger partial charge >= 0.3 is 5.51 Å². The van der Waals surface area contributed by atoms with E-state index in [2.05, 4.69) is 0 Å². The number of sulfone groups is 1. The highest BCUT2D eigenvalue weighted by atomic mass is 32.2. The predicted molar refractivity (Wildman–Crippen MR) is 57.7 cm³/mol. The molecule has 1 aromatic rings. The Bertz CT molecular complexity index is 564. The van der Waals surface area contributed by atoms with Gasteiger partial charge in [0.2, 0.25) is 0 Å². The van der Waals surface area contributed by atoms with Gasteiger partial charge in [-0.3, -0.25) is 4.79 Å². The van der Waals surface area contributed by atoms with Crippen LogP contribution in [-0.2, 0) is 9.84 Å². The number of amides is 1. The molecule has 1 aromatic carbocycles.